The molecular formula is C21H23N5O2S. The number of fused-ring (bicyclic) bond motifs is 1. The van der Waals surface area contributed by atoms with Gasteiger partial charge in [-0.2, -0.15) is 5.10 Å². The molecule has 2 amide bonds. The summed E-state index contributed by atoms with van der Waals surface area (Å²) in [6.07, 6.45) is 2.33. The number of anilines is 1. The Hall–Kier alpha value is -2.97. The molecule has 0 fully saturated rings. The van der Waals surface area contributed by atoms with Crippen molar-refractivity contribution in [2.75, 3.05) is 11.9 Å². The minimum atomic E-state index is -0.502. The van der Waals surface area contributed by atoms with Crippen LogP contribution in [0, 0.1) is 0 Å². The third-order valence-corrected chi connectivity index (χ3v) is 6.24. The molecule has 0 bridgehead atoms. The second-order valence-corrected chi connectivity index (χ2v) is 8.11. The van der Waals surface area contributed by atoms with Gasteiger partial charge in [-0.1, -0.05) is 30.3 Å². The van der Waals surface area contributed by atoms with Crippen LogP contribution < -0.4 is 11.1 Å². The number of aromatic nitrogens is 2. The van der Waals surface area contributed by atoms with Crippen LogP contribution in [0.5, 0.6) is 0 Å². The van der Waals surface area contributed by atoms with Gasteiger partial charge in [-0.25, -0.2) is 0 Å². The zero-order valence-corrected chi connectivity index (χ0v) is 17.0. The number of nitrogens with one attached hydrogen (secondary N) is 1. The zero-order chi connectivity index (χ0) is 20.4. The number of nitrogens with two attached hydrogens (primary N) is 1. The summed E-state index contributed by atoms with van der Waals surface area (Å²) in [5.74, 6) is -0.787. The number of primary amides is 1. The van der Waals surface area contributed by atoms with Crippen LogP contribution >= 0.6 is 11.3 Å². The second kappa shape index (κ2) is 8.18. The third-order valence-electron chi connectivity index (χ3n) is 5.11. The smallest absolute Gasteiger partial charge is 0.274 e. The predicted octanol–water partition coefficient (Wildman–Crippen LogP) is 2.87. The van der Waals surface area contributed by atoms with E-state index in [1.807, 2.05) is 25.1 Å². The standard InChI is InChI=1S/C21H23N5O2S/c1-2-26-16(8-10-23-26)20(28)24-21-18(19(22)27)15-9-11-25(13-17(15)29-21)12-14-6-4-3-5-7-14/h3-8,10H,2,9,11-13H2,1H3,(H2,22,27)(H,24,28). The van der Waals surface area contributed by atoms with Crippen LogP contribution in [0.2, 0.25) is 0 Å². The van der Waals surface area contributed by atoms with Crippen LogP contribution in [0.4, 0.5) is 5.00 Å². The first-order valence-electron chi connectivity index (χ1n) is 9.60. The van der Waals surface area contributed by atoms with E-state index in [0.717, 1.165) is 36.5 Å². The van der Waals surface area contributed by atoms with Gasteiger partial charge in [0.2, 0.25) is 0 Å². The van der Waals surface area contributed by atoms with Crippen LogP contribution in [0.15, 0.2) is 42.6 Å². The third kappa shape index (κ3) is 3.94. The molecule has 0 atom stereocenters. The highest BCUT2D eigenvalue weighted by molar-refractivity contribution is 7.17. The number of rotatable bonds is 6. The lowest BCUT2D eigenvalue weighted by Gasteiger charge is -2.27. The fraction of sp³-hybridized carbons (Fsp3) is 0.286. The summed E-state index contributed by atoms with van der Waals surface area (Å²) in [6.45, 7) is 4.94. The van der Waals surface area contributed by atoms with E-state index in [9.17, 15) is 9.59 Å². The molecular weight excluding hydrogens is 386 g/mol. The molecule has 4 rings (SSSR count). The molecule has 0 spiro atoms. The van der Waals surface area contributed by atoms with Crippen molar-refractivity contribution in [1.29, 1.82) is 0 Å². The molecule has 1 aromatic carbocycles. The van der Waals surface area contributed by atoms with Crippen molar-refractivity contribution >= 4 is 28.2 Å². The highest BCUT2D eigenvalue weighted by Gasteiger charge is 2.28. The Morgan fingerprint density at radius 1 is 1.24 bits per heavy atom. The van der Waals surface area contributed by atoms with Gasteiger partial charge in [-0.3, -0.25) is 19.2 Å². The topological polar surface area (TPSA) is 93.2 Å². The van der Waals surface area contributed by atoms with Gasteiger partial charge in [0.25, 0.3) is 11.8 Å². The molecule has 150 valence electrons. The van der Waals surface area contributed by atoms with Gasteiger partial charge in [0.15, 0.2) is 0 Å². The predicted molar refractivity (Wildman–Crippen MR) is 113 cm³/mol. The molecule has 3 aromatic rings. The van der Waals surface area contributed by atoms with Gasteiger partial charge in [0.05, 0.1) is 5.56 Å². The first-order chi connectivity index (χ1) is 14.1. The van der Waals surface area contributed by atoms with E-state index in [1.54, 1.807) is 16.9 Å². The van der Waals surface area contributed by atoms with E-state index in [0.29, 0.717) is 22.8 Å². The van der Waals surface area contributed by atoms with Gasteiger partial charge < -0.3 is 11.1 Å². The van der Waals surface area contributed by atoms with Crippen molar-refractivity contribution in [3.8, 4) is 0 Å². The van der Waals surface area contributed by atoms with E-state index in [-0.39, 0.29) is 5.91 Å². The summed E-state index contributed by atoms with van der Waals surface area (Å²) in [7, 11) is 0. The average molecular weight is 410 g/mol. The molecule has 3 N–H and O–H groups in total. The van der Waals surface area contributed by atoms with E-state index >= 15 is 0 Å². The van der Waals surface area contributed by atoms with E-state index in [4.69, 9.17) is 5.73 Å². The van der Waals surface area contributed by atoms with Crippen LogP contribution in [-0.2, 0) is 26.1 Å². The normalized spacial score (nSPS) is 13.8. The Kier molecular flexibility index (Phi) is 5.46. The van der Waals surface area contributed by atoms with Crippen LogP contribution in [0.25, 0.3) is 0 Å². The number of nitrogens with zero attached hydrogens (tertiary/aromatic N) is 3. The van der Waals surface area contributed by atoms with Crippen molar-refractivity contribution in [3.05, 3.63) is 69.9 Å². The molecule has 1 aliphatic heterocycles. The second-order valence-electron chi connectivity index (χ2n) is 7.00. The Morgan fingerprint density at radius 3 is 2.76 bits per heavy atom. The number of amides is 2. The molecule has 2 aromatic heterocycles. The van der Waals surface area contributed by atoms with Gasteiger partial charge in [0, 0.05) is 37.3 Å². The Labute approximate surface area is 173 Å². The fourth-order valence-electron chi connectivity index (χ4n) is 3.73. The zero-order valence-electron chi connectivity index (χ0n) is 16.2. The molecule has 0 unspecified atom stereocenters. The number of carbonyl (C=O) groups excluding carboxylic acids is 2. The van der Waals surface area contributed by atoms with Gasteiger partial charge in [0.1, 0.15) is 10.7 Å². The highest BCUT2D eigenvalue weighted by Crippen LogP contribution is 2.37. The van der Waals surface area contributed by atoms with Crippen molar-refractivity contribution < 1.29 is 9.59 Å². The molecule has 0 saturated heterocycles. The van der Waals surface area contributed by atoms with Crippen LogP contribution in [0.1, 0.15) is 43.8 Å². The SMILES string of the molecule is CCn1nccc1C(=O)Nc1sc2c(c1C(N)=O)CCN(Cc1ccccc1)C2. The Bertz CT molecular complexity index is 1040. The number of thiophene rings is 1. The van der Waals surface area contributed by atoms with E-state index in [2.05, 4.69) is 27.4 Å². The minimum Gasteiger partial charge on any atom is -0.365 e. The van der Waals surface area contributed by atoms with Crippen molar-refractivity contribution in [2.24, 2.45) is 5.73 Å². The number of benzene rings is 1. The number of hydrogen-bond acceptors (Lipinski definition) is 5. The first-order valence-corrected chi connectivity index (χ1v) is 10.4. The van der Waals surface area contributed by atoms with Crippen molar-refractivity contribution in [3.63, 3.8) is 0 Å². The van der Waals surface area contributed by atoms with E-state index in [1.165, 1.54) is 16.9 Å². The molecule has 7 nitrogen and oxygen atoms in total. The van der Waals surface area contributed by atoms with Crippen LogP contribution in [-0.4, -0.2) is 33.0 Å². The summed E-state index contributed by atoms with van der Waals surface area (Å²) in [6, 6.07) is 12.0. The van der Waals surface area contributed by atoms with Crippen molar-refractivity contribution in [1.82, 2.24) is 14.7 Å². The van der Waals surface area contributed by atoms with Gasteiger partial charge >= 0.3 is 0 Å². The maximum absolute atomic E-state index is 12.7. The van der Waals surface area contributed by atoms with E-state index < -0.39 is 5.91 Å². The number of hydrogen-bond donors (Lipinski definition) is 2. The van der Waals surface area contributed by atoms with Crippen LogP contribution in [0.3, 0.4) is 0 Å². The molecule has 0 saturated carbocycles. The van der Waals surface area contributed by atoms with Crippen molar-refractivity contribution in [2.45, 2.75) is 33.0 Å². The molecule has 8 heteroatoms. The summed E-state index contributed by atoms with van der Waals surface area (Å²) < 4.78 is 1.62. The molecule has 29 heavy (non-hydrogen) atoms. The largest absolute Gasteiger partial charge is 0.365 e. The Morgan fingerprint density at radius 2 is 2.03 bits per heavy atom. The summed E-state index contributed by atoms with van der Waals surface area (Å²) in [5.41, 5.74) is 8.80. The summed E-state index contributed by atoms with van der Waals surface area (Å²) in [4.78, 5) is 28.3. The first kappa shape index (κ1) is 19.4. The lowest BCUT2D eigenvalue weighted by atomic mass is 10.0. The maximum atomic E-state index is 12.7. The minimum absolute atomic E-state index is 0.286. The molecule has 3 heterocycles. The monoisotopic (exact) mass is 409 g/mol. The summed E-state index contributed by atoms with van der Waals surface area (Å²) in [5, 5.41) is 7.55. The summed E-state index contributed by atoms with van der Waals surface area (Å²) >= 11 is 1.44. The van der Waals surface area contributed by atoms with Gasteiger partial charge in [-0.15, -0.1) is 11.3 Å². The number of aryl methyl sites for hydroxylation is 1. The average Bonchev–Trinajstić information content (AvgIpc) is 3.32. The molecule has 1 aliphatic rings. The number of carbonyl (C=O) groups is 2. The molecule has 0 aliphatic carbocycles. The maximum Gasteiger partial charge on any atom is 0.274 e. The fourth-order valence-corrected chi connectivity index (χ4v) is 5.02. The highest BCUT2D eigenvalue weighted by atomic mass is 32.1. The van der Waals surface area contributed by atoms with Gasteiger partial charge in [-0.05, 0) is 30.5 Å². The lowest BCUT2D eigenvalue weighted by Crippen LogP contribution is -2.30. The molecule has 0 radical (unpaired) electrons. The quantitative estimate of drug-likeness (QED) is 0.655. The lowest BCUT2D eigenvalue weighted by molar-refractivity contribution is 0.0999. The Balaban J connectivity index is 1.57.